The minimum atomic E-state index is -4.19. The van der Waals surface area contributed by atoms with Gasteiger partial charge in [0.1, 0.15) is 11.6 Å². The molecule has 0 bridgehead atoms. The van der Waals surface area contributed by atoms with Gasteiger partial charge in [-0.2, -0.15) is 4.31 Å². The van der Waals surface area contributed by atoms with Crippen LogP contribution in [0.5, 0.6) is 0 Å². The molecule has 3 rings (SSSR count). The Bertz CT molecular complexity index is 808. The standard InChI is InChI=1S/C18H20F2N2O2S/c19-16-8-4-9-17(20)18(16)25(23,24)22-11-5-10-21(12-13-22)14-15-6-2-1-3-7-15/h1-4,6-9H,5,10-14H2. The van der Waals surface area contributed by atoms with Gasteiger partial charge in [0.15, 0.2) is 4.90 Å². The molecule has 1 fully saturated rings. The zero-order chi connectivity index (χ0) is 17.9. The van der Waals surface area contributed by atoms with Crippen molar-refractivity contribution in [3.8, 4) is 0 Å². The zero-order valence-corrected chi connectivity index (χ0v) is 14.6. The van der Waals surface area contributed by atoms with Crippen LogP contribution in [-0.2, 0) is 16.6 Å². The molecule has 0 N–H and O–H groups in total. The van der Waals surface area contributed by atoms with Crippen LogP contribution < -0.4 is 0 Å². The summed E-state index contributed by atoms with van der Waals surface area (Å²) >= 11 is 0. The first kappa shape index (κ1) is 18.0. The quantitative estimate of drug-likeness (QED) is 0.836. The van der Waals surface area contributed by atoms with E-state index in [2.05, 4.69) is 4.90 Å². The van der Waals surface area contributed by atoms with Crippen LogP contribution in [0.4, 0.5) is 8.78 Å². The molecular formula is C18H20F2N2O2S. The van der Waals surface area contributed by atoms with E-state index in [0.717, 1.165) is 36.9 Å². The molecule has 1 heterocycles. The monoisotopic (exact) mass is 366 g/mol. The Labute approximate surface area is 146 Å². The minimum Gasteiger partial charge on any atom is -0.298 e. The maximum atomic E-state index is 13.9. The molecule has 0 amide bonds. The lowest BCUT2D eigenvalue weighted by Crippen LogP contribution is -2.36. The smallest absolute Gasteiger partial charge is 0.248 e. The van der Waals surface area contributed by atoms with Crippen molar-refractivity contribution in [2.24, 2.45) is 0 Å². The van der Waals surface area contributed by atoms with E-state index in [0.29, 0.717) is 13.0 Å². The Morgan fingerprint density at radius 1 is 0.840 bits per heavy atom. The molecule has 134 valence electrons. The van der Waals surface area contributed by atoms with E-state index in [4.69, 9.17) is 0 Å². The summed E-state index contributed by atoms with van der Waals surface area (Å²) in [4.78, 5) is 1.30. The van der Waals surface area contributed by atoms with E-state index in [9.17, 15) is 17.2 Å². The molecule has 1 aliphatic heterocycles. The highest BCUT2D eigenvalue weighted by Gasteiger charge is 2.31. The third-order valence-electron chi connectivity index (χ3n) is 4.31. The van der Waals surface area contributed by atoms with Gasteiger partial charge in [0.05, 0.1) is 0 Å². The van der Waals surface area contributed by atoms with Gasteiger partial charge in [-0.25, -0.2) is 17.2 Å². The SMILES string of the molecule is O=S(=O)(c1c(F)cccc1F)N1CCCN(Cc2ccccc2)CC1. The lowest BCUT2D eigenvalue weighted by Gasteiger charge is -2.22. The highest BCUT2D eigenvalue weighted by molar-refractivity contribution is 7.89. The maximum absolute atomic E-state index is 13.9. The van der Waals surface area contributed by atoms with Gasteiger partial charge in [0, 0.05) is 26.2 Å². The Balaban J connectivity index is 1.74. The van der Waals surface area contributed by atoms with Gasteiger partial charge in [-0.3, -0.25) is 4.90 Å². The molecule has 0 spiro atoms. The van der Waals surface area contributed by atoms with Gasteiger partial charge in [0.2, 0.25) is 10.0 Å². The van der Waals surface area contributed by atoms with E-state index < -0.39 is 26.6 Å². The second-order valence-corrected chi connectivity index (χ2v) is 7.94. The molecule has 0 saturated carbocycles. The van der Waals surface area contributed by atoms with Gasteiger partial charge in [-0.15, -0.1) is 0 Å². The summed E-state index contributed by atoms with van der Waals surface area (Å²) in [5.74, 6) is -2.10. The molecule has 0 radical (unpaired) electrons. The van der Waals surface area contributed by atoms with Gasteiger partial charge in [-0.05, 0) is 30.7 Å². The molecule has 0 aromatic heterocycles. The Hall–Kier alpha value is -1.83. The lowest BCUT2D eigenvalue weighted by molar-refractivity contribution is 0.278. The molecule has 25 heavy (non-hydrogen) atoms. The van der Waals surface area contributed by atoms with Crippen molar-refractivity contribution in [1.82, 2.24) is 9.21 Å². The van der Waals surface area contributed by atoms with Crippen molar-refractivity contribution in [3.63, 3.8) is 0 Å². The van der Waals surface area contributed by atoms with E-state index in [1.807, 2.05) is 30.3 Å². The van der Waals surface area contributed by atoms with Crippen LogP contribution in [0.15, 0.2) is 53.4 Å². The van der Waals surface area contributed by atoms with Crippen molar-refractivity contribution < 1.29 is 17.2 Å². The number of rotatable bonds is 4. The van der Waals surface area contributed by atoms with Crippen LogP contribution >= 0.6 is 0 Å². The first-order valence-electron chi connectivity index (χ1n) is 8.19. The van der Waals surface area contributed by atoms with Crippen LogP contribution in [-0.4, -0.2) is 43.8 Å². The fourth-order valence-electron chi connectivity index (χ4n) is 3.05. The molecule has 4 nitrogen and oxygen atoms in total. The summed E-state index contributed by atoms with van der Waals surface area (Å²) in [5.41, 5.74) is 1.15. The number of nitrogens with zero attached hydrogens (tertiary/aromatic N) is 2. The van der Waals surface area contributed by atoms with Gasteiger partial charge in [-0.1, -0.05) is 36.4 Å². The Morgan fingerprint density at radius 3 is 2.20 bits per heavy atom. The summed E-state index contributed by atoms with van der Waals surface area (Å²) in [6.07, 6.45) is 0.613. The molecule has 7 heteroatoms. The van der Waals surface area contributed by atoms with Crippen LogP contribution in [0.3, 0.4) is 0 Å². The number of sulfonamides is 1. The molecule has 2 aromatic rings. The summed E-state index contributed by atoms with van der Waals surface area (Å²) in [7, 11) is -4.19. The lowest BCUT2D eigenvalue weighted by atomic mass is 10.2. The van der Waals surface area contributed by atoms with E-state index in [1.54, 1.807) is 0 Å². The van der Waals surface area contributed by atoms with Crippen molar-refractivity contribution in [2.75, 3.05) is 26.2 Å². The van der Waals surface area contributed by atoms with Crippen molar-refractivity contribution in [1.29, 1.82) is 0 Å². The first-order chi connectivity index (χ1) is 12.0. The zero-order valence-electron chi connectivity index (χ0n) is 13.7. The molecule has 0 aliphatic carbocycles. The summed E-state index contributed by atoms with van der Waals surface area (Å²) in [6.45, 7) is 2.44. The molecule has 0 atom stereocenters. The topological polar surface area (TPSA) is 40.6 Å². The molecule has 2 aromatic carbocycles. The van der Waals surface area contributed by atoms with Gasteiger partial charge in [0.25, 0.3) is 0 Å². The fraction of sp³-hybridized carbons (Fsp3) is 0.333. The summed E-state index contributed by atoms with van der Waals surface area (Å²) in [6, 6.07) is 13.0. The first-order valence-corrected chi connectivity index (χ1v) is 9.63. The van der Waals surface area contributed by atoms with Gasteiger partial charge >= 0.3 is 0 Å². The predicted molar refractivity (Wildman–Crippen MR) is 91.5 cm³/mol. The Morgan fingerprint density at radius 2 is 1.52 bits per heavy atom. The van der Waals surface area contributed by atoms with Crippen molar-refractivity contribution >= 4 is 10.0 Å². The maximum Gasteiger partial charge on any atom is 0.248 e. The number of hydrogen-bond acceptors (Lipinski definition) is 3. The van der Waals surface area contributed by atoms with E-state index in [-0.39, 0.29) is 13.1 Å². The van der Waals surface area contributed by atoms with Crippen LogP contribution in [0.25, 0.3) is 0 Å². The summed E-state index contributed by atoms with van der Waals surface area (Å²) < 4.78 is 54.3. The summed E-state index contributed by atoms with van der Waals surface area (Å²) in [5, 5.41) is 0. The van der Waals surface area contributed by atoms with E-state index in [1.165, 1.54) is 4.31 Å². The highest BCUT2D eigenvalue weighted by Crippen LogP contribution is 2.23. The minimum absolute atomic E-state index is 0.211. The largest absolute Gasteiger partial charge is 0.298 e. The normalized spacial score (nSPS) is 17.4. The second-order valence-electron chi connectivity index (χ2n) is 6.07. The number of benzene rings is 2. The Kier molecular flexibility index (Phi) is 5.46. The predicted octanol–water partition coefficient (Wildman–Crippen LogP) is 2.86. The second kappa shape index (κ2) is 7.59. The van der Waals surface area contributed by atoms with E-state index >= 15 is 0 Å². The molecule has 1 aliphatic rings. The average molecular weight is 366 g/mol. The van der Waals surface area contributed by atoms with Crippen LogP contribution in [0, 0.1) is 11.6 Å². The molecular weight excluding hydrogens is 346 g/mol. The van der Waals surface area contributed by atoms with Crippen molar-refractivity contribution in [3.05, 3.63) is 65.7 Å². The van der Waals surface area contributed by atoms with Gasteiger partial charge < -0.3 is 0 Å². The fourth-order valence-corrected chi connectivity index (χ4v) is 4.62. The average Bonchev–Trinajstić information content (AvgIpc) is 2.81. The number of hydrogen-bond donors (Lipinski definition) is 0. The third kappa shape index (κ3) is 4.05. The van der Waals surface area contributed by atoms with Crippen LogP contribution in [0.2, 0.25) is 0 Å². The van der Waals surface area contributed by atoms with Crippen molar-refractivity contribution in [2.45, 2.75) is 17.9 Å². The highest BCUT2D eigenvalue weighted by atomic mass is 32.2. The van der Waals surface area contributed by atoms with Crippen LogP contribution in [0.1, 0.15) is 12.0 Å². The third-order valence-corrected chi connectivity index (χ3v) is 6.26. The molecule has 1 saturated heterocycles. The number of halogens is 2. The molecule has 0 unspecified atom stereocenters.